The molecule has 1 aliphatic rings. The number of hydrogen-bond acceptors (Lipinski definition) is 6. The molecule has 1 atom stereocenters. The van der Waals surface area contributed by atoms with E-state index in [0.29, 0.717) is 6.42 Å². The number of halogens is 1. The number of hydrogen-bond donors (Lipinski definition) is 2. The fraction of sp³-hybridized carbons (Fsp3) is 0.381. The van der Waals surface area contributed by atoms with Gasteiger partial charge in [0.05, 0.1) is 10.6 Å². The number of sulfonamides is 2. The van der Waals surface area contributed by atoms with Gasteiger partial charge in [-0.2, -0.15) is 8.61 Å². The first kappa shape index (κ1) is 25.1. The van der Waals surface area contributed by atoms with Crippen LogP contribution < -0.4 is 5.32 Å². The summed E-state index contributed by atoms with van der Waals surface area (Å²) in [4.78, 5) is 12.3. The van der Waals surface area contributed by atoms with Gasteiger partial charge in [0.2, 0.25) is 26.0 Å². The second kappa shape index (κ2) is 9.75. The summed E-state index contributed by atoms with van der Waals surface area (Å²) in [5, 5.41) is 12.6. The first-order valence-electron chi connectivity index (χ1n) is 10.4. The van der Waals surface area contributed by atoms with Crippen LogP contribution in [0.1, 0.15) is 26.7 Å². The molecule has 9 nitrogen and oxygen atoms in total. The van der Waals surface area contributed by atoms with Crippen molar-refractivity contribution in [3.63, 3.8) is 0 Å². The van der Waals surface area contributed by atoms with Gasteiger partial charge in [0.15, 0.2) is 0 Å². The maximum atomic E-state index is 14.1. The Morgan fingerprint density at radius 2 is 1.82 bits per heavy atom. The van der Waals surface area contributed by atoms with Crippen molar-refractivity contribution in [2.75, 3.05) is 25.0 Å². The van der Waals surface area contributed by atoms with Gasteiger partial charge in [-0.15, -0.1) is 0 Å². The lowest BCUT2D eigenvalue weighted by Crippen LogP contribution is -2.43. The lowest BCUT2D eigenvalue weighted by molar-refractivity contribution is -0.119. The number of phenolic OH excluding ortho intramolecular Hbond substituents is 1. The second-order valence-electron chi connectivity index (χ2n) is 7.46. The summed E-state index contributed by atoms with van der Waals surface area (Å²) in [5.74, 6) is -2.04. The van der Waals surface area contributed by atoms with E-state index in [2.05, 4.69) is 5.32 Å². The van der Waals surface area contributed by atoms with Crippen LogP contribution in [0.4, 0.5) is 10.1 Å². The van der Waals surface area contributed by atoms with Crippen molar-refractivity contribution in [2.24, 2.45) is 0 Å². The van der Waals surface area contributed by atoms with Crippen LogP contribution >= 0.6 is 0 Å². The fourth-order valence-electron chi connectivity index (χ4n) is 3.77. The van der Waals surface area contributed by atoms with E-state index < -0.39 is 42.7 Å². The molecule has 0 aromatic heterocycles. The Hall–Kier alpha value is -2.54. The quantitative estimate of drug-likeness (QED) is 0.538. The Kier molecular flexibility index (Phi) is 7.42. The van der Waals surface area contributed by atoms with Gasteiger partial charge in [-0.3, -0.25) is 4.79 Å². The number of amides is 1. The van der Waals surface area contributed by atoms with E-state index in [0.717, 1.165) is 28.6 Å². The van der Waals surface area contributed by atoms with Gasteiger partial charge in [-0.05, 0) is 43.2 Å². The van der Waals surface area contributed by atoms with Crippen molar-refractivity contribution < 1.29 is 31.1 Å². The lowest BCUT2D eigenvalue weighted by Gasteiger charge is -2.24. The average Bonchev–Trinajstić information content (AvgIpc) is 3.27. The molecular formula is C21H26FN3O6S2. The number of phenols is 1. The van der Waals surface area contributed by atoms with Crippen molar-refractivity contribution in [1.29, 1.82) is 0 Å². The van der Waals surface area contributed by atoms with E-state index in [1.807, 2.05) is 0 Å². The zero-order valence-electron chi connectivity index (χ0n) is 18.2. The second-order valence-corrected chi connectivity index (χ2v) is 11.3. The van der Waals surface area contributed by atoms with Gasteiger partial charge < -0.3 is 10.4 Å². The summed E-state index contributed by atoms with van der Waals surface area (Å²) in [6, 6.07) is 7.27. The molecule has 0 spiro atoms. The summed E-state index contributed by atoms with van der Waals surface area (Å²) >= 11 is 0. The monoisotopic (exact) mass is 499 g/mol. The van der Waals surface area contributed by atoms with Crippen molar-refractivity contribution in [2.45, 2.75) is 42.5 Å². The predicted octanol–water partition coefficient (Wildman–Crippen LogP) is 2.35. The van der Waals surface area contributed by atoms with E-state index >= 15 is 0 Å². The third kappa shape index (κ3) is 4.88. The van der Waals surface area contributed by atoms with Crippen LogP contribution in [0.3, 0.4) is 0 Å². The SMILES string of the molecule is CCN(CC)S(=O)(=O)c1ccc(O)c(NC(=O)C2CCCN2S(=O)(=O)c2ccccc2F)c1. The summed E-state index contributed by atoms with van der Waals surface area (Å²) in [6.07, 6.45) is 0.575. The van der Waals surface area contributed by atoms with E-state index in [-0.39, 0.29) is 42.4 Å². The van der Waals surface area contributed by atoms with Gasteiger partial charge in [0, 0.05) is 19.6 Å². The van der Waals surface area contributed by atoms with Gasteiger partial charge in [0.25, 0.3) is 0 Å². The minimum absolute atomic E-state index is 0.0249. The molecule has 0 saturated carbocycles. The normalized spacial score (nSPS) is 17.4. The molecule has 1 aliphatic heterocycles. The molecule has 2 aromatic carbocycles. The molecule has 12 heteroatoms. The minimum atomic E-state index is -4.28. The standard InChI is InChI=1S/C21H26FN3O6S2/c1-3-24(4-2)32(28,29)15-11-12-19(26)17(14-15)23-21(27)18-9-7-13-25(18)33(30,31)20-10-6-5-8-16(20)22/h5-6,8,10-12,14,18,26H,3-4,7,9,13H2,1-2H3,(H,23,27). The summed E-state index contributed by atoms with van der Waals surface area (Å²) in [6.45, 7) is 3.89. The largest absolute Gasteiger partial charge is 0.506 e. The molecule has 2 aromatic rings. The maximum absolute atomic E-state index is 14.1. The Labute approximate surface area is 192 Å². The van der Waals surface area contributed by atoms with Gasteiger partial charge >= 0.3 is 0 Å². The third-order valence-corrected chi connectivity index (χ3v) is 9.49. The molecule has 3 rings (SSSR count). The molecule has 2 N–H and O–H groups in total. The van der Waals surface area contributed by atoms with Gasteiger partial charge in [0.1, 0.15) is 22.5 Å². The molecule has 1 heterocycles. The minimum Gasteiger partial charge on any atom is -0.506 e. The highest BCUT2D eigenvalue weighted by molar-refractivity contribution is 7.89. The molecule has 0 bridgehead atoms. The lowest BCUT2D eigenvalue weighted by atomic mass is 10.2. The van der Waals surface area contributed by atoms with Crippen LogP contribution in [0, 0.1) is 5.82 Å². The molecule has 1 saturated heterocycles. The summed E-state index contributed by atoms with van der Waals surface area (Å²) < 4.78 is 67.8. The molecule has 1 unspecified atom stereocenters. The Balaban J connectivity index is 1.89. The van der Waals surface area contributed by atoms with E-state index in [9.17, 15) is 31.1 Å². The fourth-order valence-corrected chi connectivity index (χ4v) is 6.98. The zero-order valence-corrected chi connectivity index (χ0v) is 19.9. The number of nitrogens with one attached hydrogen (secondary N) is 1. The zero-order chi connectivity index (χ0) is 24.4. The van der Waals surface area contributed by atoms with Crippen LogP contribution in [-0.4, -0.2) is 62.1 Å². The molecule has 180 valence electrons. The summed E-state index contributed by atoms with van der Waals surface area (Å²) in [7, 11) is -8.13. The number of carbonyl (C=O) groups is 1. The third-order valence-electron chi connectivity index (χ3n) is 5.50. The Bertz CT molecular complexity index is 1250. The number of nitrogens with zero attached hydrogens (tertiary/aromatic N) is 2. The number of anilines is 1. The van der Waals surface area contributed by atoms with Crippen molar-refractivity contribution in [1.82, 2.24) is 8.61 Å². The van der Waals surface area contributed by atoms with Crippen LogP contribution in [0.25, 0.3) is 0 Å². The molecule has 0 aliphatic carbocycles. The van der Waals surface area contributed by atoms with E-state index in [1.54, 1.807) is 13.8 Å². The van der Waals surface area contributed by atoms with Gasteiger partial charge in [-0.25, -0.2) is 21.2 Å². The number of benzene rings is 2. The molecule has 1 amide bonds. The molecular weight excluding hydrogens is 473 g/mol. The van der Waals surface area contributed by atoms with Crippen molar-refractivity contribution in [3.05, 3.63) is 48.3 Å². The topological polar surface area (TPSA) is 124 Å². The number of carbonyl (C=O) groups excluding carboxylic acids is 1. The Morgan fingerprint density at radius 3 is 2.45 bits per heavy atom. The molecule has 33 heavy (non-hydrogen) atoms. The summed E-state index contributed by atoms with van der Waals surface area (Å²) in [5.41, 5.74) is -0.164. The predicted molar refractivity (Wildman–Crippen MR) is 120 cm³/mol. The Morgan fingerprint density at radius 1 is 1.15 bits per heavy atom. The van der Waals surface area contributed by atoms with Crippen molar-refractivity contribution >= 4 is 31.6 Å². The maximum Gasteiger partial charge on any atom is 0.246 e. The highest BCUT2D eigenvalue weighted by atomic mass is 32.2. The van der Waals surface area contributed by atoms with E-state index in [1.165, 1.54) is 22.5 Å². The van der Waals surface area contributed by atoms with Crippen LogP contribution in [0.15, 0.2) is 52.3 Å². The van der Waals surface area contributed by atoms with E-state index in [4.69, 9.17) is 0 Å². The van der Waals surface area contributed by atoms with Gasteiger partial charge in [-0.1, -0.05) is 26.0 Å². The molecule has 1 fully saturated rings. The molecule has 0 radical (unpaired) electrons. The van der Waals surface area contributed by atoms with Crippen LogP contribution in [-0.2, 0) is 24.8 Å². The van der Waals surface area contributed by atoms with Crippen LogP contribution in [0.5, 0.6) is 5.75 Å². The number of rotatable bonds is 8. The smallest absolute Gasteiger partial charge is 0.246 e. The first-order valence-corrected chi connectivity index (χ1v) is 13.3. The highest BCUT2D eigenvalue weighted by Crippen LogP contribution is 2.31. The van der Waals surface area contributed by atoms with Crippen LogP contribution in [0.2, 0.25) is 0 Å². The first-order chi connectivity index (χ1) is 15.5. The number of aromatic hydroxyl groups is 1. The van der Waals surface area contributed by atoms with Crippen molar-refractivity contribution in [3.8, 4) is 5.75 Å². The average molecular weight is 500 g/mol. The highest BCUT2D eigenvalue weighted by Gasteiger charge is 2.40.